The second-order valence-electron chi connectivity index (χ2n) is 6.79. The molecule has 0 amide bonds. The van der Waals surface area contributed by atoms with Crippen LogP contribution in [0.2, 0.25) is 0 Å². The quantitative estimate of drug-likeness (QED) is 0.800. The summed E-state index contributed by atoms with van der Waals surface area (Å²) in [5.41, 5.74) is 2.80. The summed E-state index contributed by atoms with van der Waals surface area (Å²) in [4.78, 5) is 11.2. The summed E-state index contributed by atoms with van der Waals surface area (Å²) >= 11 is 0. The summed E-state index contributed by atoms with van der Waals surface area (Å²) in [5, 5.41) is 12.6. The maximum Gasteiger partial charge on any atom is 0.115 e. The zero-order chi connectivity index (χ0) is 14.1. The summed E-state index contributed by atoms with van der Waals surface area (Å²) in [5.74, 6) is 0. The van der Waals surface area contributed by atoms with Crippen molar-refractivity contribution in [2.24, 2.45) is 5.18 Å². The van der Waals surface area contributed by atoms with E-state index in [1.807, 2.05) is 53.7 Å². The van der Waals surface area contributed by atoms with Crippen molar-refractivity contribution in [3.05, 3.63) is 33.7 Å². The number of nitrogens with zero attached hydrogens (tertiary/aromatic N) is 1. The summed E-state index contributed by atoms with van der Waals surface area (Å²) in [6, 6.07) is 3.76. The van der Waals surface area contributed by atoms with Gasteiger partial charge in [-0.05, 0) is 32.7 Å². The van der Waals surface area contributed by atoms with Gasteiger partial charge in [-0.25, -0.2) is 0 Å². The van der Waals surface area contributed by atoms with Crippen molar-refractivity contribution in [3.8, 4) is 0 Å². The SMILES string of the molecule is CC(C)(C)c1cc(CO)cc(C(C)(C)C)c1N=O. The zero-order valence-electron chi connectivity index (χ0n) is 12.2. The molecule has 1 aromatic carbocycles. The molecule has 1 N–H and O–H groups in total. The number of hydrogen-bond acceptors (Lipinski definition) is 3. The van der Waals surface area contributed by atoms with Gasteiger partial charge in [0.25, 0.3) is 0 Å². The first-order valence-corrected chi connectivity index (χ1v) is 6.23. The minimum atomic E-state index is -0.172. The first kappa shape index (κ1) is 14.8. The highest BCUT2D eigenvalue weighted by molar-refractivity contribution is 5.59. The molecule has 18 heavy (non-hydrogen) atoms. The van der Waals surface area contributed by atoms with Crippen LogP contribution in [0.25, 0.3) is 0 Å². The second kappa shape index (κ2) is 4.81. The molecule has 0 spiro atoms. The van der Waals surface area contributed by atoms with E-state index in [9.17, 15) is 10.0 Å². The lowest BCUT2D eigenvalue weighted by Gasteiger charge is -2.27. The summed E-state index contributed by atoms with van der Waals surface area (Å²) < 4.78 is 0. The van der Waals surface area contributed by atoms with Crippen LogP contribution in [0.5, 0.6) is 0 Å². The topological polar surface area (TPSA) is 49.7 Å². The summed E-state index contributed by atoms with van der Waals surface area (Å²) in [7, 11) is 0. The average molecular weight is 249 g/mol. The third-order valence-electron chi connectivity index (χ3n) is 3.06. The predicted octanol–water partition coefficient (Wildman–Crippen LogP) is 4.17. The van der Waals surface area contributed by atoms with Gasteiger partial charge in [0, 0.05) is 0 Å². The highest BCUT2D eigenvalue weighted by Crippen LogP contribution is 2.40. The van der Waals surface area contributed by atoms with Gasteiger partial charge in [0.05, 0.1) is 6.61 Å². The number of aliphatic hydroxyl groups excluding tert-OH is 1. The number of rotatable bonds is 2. The molecule has 1 aromatic rings. The van der Waals surface area contributed by atoms with Crippen molar-refractivity contribution >= 4 is 5.69 Å². The Hall–Kier alpha value is -1.22. The van der Waals surface area contributed by atoms with Gasteiger partial charge in [0.2, 0.25) is 0 Å². The zero-order valence-corrected chi connectivity index (χ0v) is 12.2. The van der Waals surface area contributed by atoms with E-state index in [-0.39, 0.29) is 17.4 Å². The molecule has 0 radical (unpaired) electrons. The third kappa shape index (κ3) is 2.96. The van der Waals surface area contributed by atoms with E-state index in [4.69, 9.17) is 0 Å². The molecule has 0 saturated carbocycles. The minimum absolute atomic E-state index is 0.0225. The fraction of sp³-hybridized carbons (Fsp3) is 0.600. The molecule has 100 valence electrons. The van der Waals surface area contributed by atoms with Crippen molar-refractivity contribution in [1.82, 2.24) is 0 Å². The second-order valence-corrected chi connectivity index (χ2v) is 6.79. The highest BCUT2D eigenvalue weighted by Gasteiger charge is 2.27. The molecule has 0 aliphatic heterocycles. The Morgan fingerprint density at radius 3 is 1.61 bits per heavy atom. The maximum atomic E-state index is 11.2. The molecular weight excluding hydrogens is 226 g/mol. The molecule has 0 heterocycles. The molecule has 0 atom stereocenters. The third-order valence-corrected chi connectivity index (χ3v) is 3.06. The van der Waals surface area contributed by atoms with Crippen LogP contribution in [0.4, 0.5) is 5.69 Å². The van der Waals surface area contributed by atoms with Gasteiger partial charge in [-0.3, -0.25) is 0 Å². The van der Waals surface area contributed by atoms with Crippen molar-refractivity contribution in [2.45, 2.75) is 59.0 Å². The van der Waals surface area contributed by atoms with Gasteiger partial charge in [-0.15, -0.1) is 4.91 Å². The maximum absolute atomic E-state index is 11.2. The fourth-order valence-corrected chi connectivity index (χ4v) is 2.03. The normalized spacial score (nSPS) is 12.6. The molecular formula is C15H23NO2. The lowest BCUT2D eigenvalue weighted by molar-refractivity contribution is 0.281. The van der Waals surface area contributed by atoms with Crippen LogP contribution < -0.4 is 0 Å². The Kier molecular flexibility index (Phi) is 3.96. The Bertz CT molecular complexity index is 416. The molecule has 3 heteroatoms. The number of aliphatic hydroxyl groups is 1. The molecule has 0 aliphatic rings. The standard InChI is InChI=1S/C15H23NO2/c1-14(2,3)11-7-10(9-17)8-12(13(11)16-18)15(4,5)6/h7-8,17H,9H2,1-6H3. The fourth-order valence-electron chi connectivity index (χ4n) is 2.03. The predicted molar refractivity (Wildman–Crippen MR) is 75.2 cm³/mol. The van der Waals surface area contributed by atoms with E-state index in [1.54, 1.807) is 0 Å². The molecule has 1 rings (SSSR count). The molecule has 0 bridgehead atoms. The molecule has 0 aliphatic carbocycles. The van der Waals surface area contributed by atoms with Gasteiger partial charge in [-0.2, -0.15) is 0 Å². The number of hydrogen-bond donors (Lipinski definition) is 1. The smallest absolute Gasteiger partial charge is 0.115 e. The Balaban J connectivity index is 3.66. The molecule has 0 saturated heterocycles. The van der Waals surface area contributed by atoms with Crippen LogP contribution in [-0.2, 0) is 17.4 Å². The Morgan fingerprint density at radius 1 is 1.00 bits per heavy atom. The molecule has 0 unspecified atom stereocenters. The Labute approximate surface area is 109 Å². The average Bonchev–Trinajstić information content (AvgIpc) is 2.24. The van der Waals surface area contributed by atoms with Gasteiger partial charge >= 0.3 is 0 Å². The van der Waals surface area contributed by atoms with Gasteiger partial charge < -0.3 is 5.11 Å². The van der Waals surface area contributed by atoms with Crippen molar-refractivity contribution < 1.29 is 5.11 Å². The van der Waals surface area contributed by atoms with E-state index in [1.165, 1.54) is 0 Å². The van der Waals surface area contributed by atoms with Crippen LogP contribution in [0.3, 0.4) is 0 Å². The molecule has 0 fully saturated rings. The highest BCUT2D eigenvalue weighted by atomic mass is 16.3. The number of benzene rings is 1. The first-order chi connectivity index (χ1) is 8.11. The van der Waals surface area contributed by atoms with Crippen LogP contribution >= 0.6 is 0 Å². The van der Waals surface area contributed by atoms with E-state index < -0.39 is 0 Å². The van der Waals surface area contributed by atoms with Gasteiger partial charge in [0.15, 0.2) is 0 Å². The van der Waals surface area contributed by atoms with E-state index in [0.717, 1.165) is 16.7 Å². The van der Waals surface area contributed by atoms with E-state index in [2.05, 4.69) is 5.18 Å². The van der Waals surface area contributed by atoms with Gasteiger partial charge in [0.1, 0.15) is 5.69 Å². The van der Waals surface area contributed by atoms with Crippen molar-refractivity contribution in [2.75, 3.05) is 0 Å². The van der Waals surface area contributed by atoms with Crippen LogP contribution in [0, 0.1) is 4.91 Å². The molecule has 3 nitrogen and oxygen atoms in total. The summed E-state index contributed by atoms with van der Waals surface area (Å²) in [6.45, 7) is 12.3. The van der Waals surface area contributed by atoms with E-state index >= 15 is 0 Å². The summed E-state index contributed by atoms with van der Waals surface area (Å²) in [6.07, 6.45) is 0. The number of nitroso groups, excluding NO2 is 1. The van der Waals surface area contributed by atoms with Crippen molar-refractivity contribution in [3.63, 3.8) is 0 Å². The minimum Gasteiger partial charge on any atom is -0.392 e. The van der Waals surface area contributed by atoms with Crippen LogP contribution in [-0.4, -0.2) is 5.11 Å². The monoisotopic (exact) mass is 249 g/mol. The van der Waals surface area contributed by atoms with Crippen LogP contribution in [0.1, 0.15) is 58.2 Å². The van der Waals surface area contributed by atoms with Crippen molar-refractivity contribution in [1.29, 1.82) is 0 Å². The largest absolute Gasteiger partial charge is 0.392 e. The molecule has 0 aromatic heterocycles. The van der Waals surface area contributed by atoms with E-state index in [0.29, 0.717) is 5.69 Å². The lowest BCUT2D eigenvalue weighted by Crippen LogP contribution is -2.18. The lowest BCUT2D eigenvalue weighted by atomic mass is 9.78. The van der Waals surface area contributed by atoms with Crippen LogP contribution in [0.15, 0.2) is 17.3 Å². The Morgan fingerprint density at radius 2 is 1.39 bits per heavy atom. The first-order valence-electron chi connectivity index (χ1n) is 6.23. The van der Waals surface area contributed by atoms with Gasteiger partial charge in [-0.1, -0.05) is 53.7 Å².